The molecule has 27 heavy (non-hydrogen) atoms. The van der Waals surface area contributed by atoms with Crippen LogP contribution in [0.5, 0.6) is 0 Å². The maximum absolute atomic E-state index is 12.7. The Kier molecular flexibility index (Phi) is 4.70. The Bertz CT molecular complexity index is 931. The first-order valence-electron chi connectivity index (χ1n) is 9.19. The number of imidazole rings is 1. The van der Waals surface area contributed by atoms with Gasteiger partial charge in [-0.2, -0.15) is 0 Å². The molecule has 1 aliphatic rings. The first kappa shape index (κ1) is 17.4. The second-order valence-corrected chi connectivity index (χ2v) is 6.94. The van der Waals surface area contributed by atoms with Gasteiger partial charge >= 0.3 is 0 Å². The summed E-state index contributed by atoms with van der Waals surface area (Å²) in [6.45, 7) is 4.01. The lowest BCUT2D eigenvalue weighted by Crippen LogP contribution is -2.40. The Balaban J connectivity index is 1.50. The predicted molar refractivity (Wildman–Crippen MR) is 99.2 cm³/mol. The van der Waals surface area contributed by atoms with Crippen molar-refractivity contribution in [2.75, 3.05) is 13.1 Å². The summed E-state index contributed by atoms with van der Waals surface area (Å²) in [5.41, 5.74) is 0.493. The quantitative estimate of drug-likeness (QED) is 0.704. The van der Waals surface area contributed by atoms with Crippen molar-refractivity contribution in [3.8, 4) is 0 Å². The smallest absolute Gasteiger partial charge is 0.272 e. The van der Waals surface area contributed by atoms with E-state index in [2.05, 4.69) is 24.7 Å². The van der Waals surface area contributed by atoms with Crippen LogP contribution in [0.1, 0.15) is 46.7 Å². The van der Waals surface area contributed by atoms with Crippen molar-refractivity contribution in [1.82, 2.24) is 34.2 Å². The number of rotatable bonds is 4. The minimum Gasteiger partial charge on any atom is -0.337 e. The Morgan fingerprint density at radius 3 is 2.85 bits per heavy atom. The molecule has 8 nitrogen and oxygen atoms in total. The van der Waals surface area contributed by atoms with E-state index in [9.17, 15) is 4.79 Å². The first-order valence-corrected chi connectivity index (χ1v) is 9.19. The highest BCUT2D eigenvalue weighted by atomic mass is 16.2. The third kappa shape index (κ3) is 3.47. The third-order valence-electron chi connectivity index (χ3n) is 5.19. The highest BCUT2D eigenvalue weighted by molar-refractivity contribution is 5.92. The van der Waals surface area contributed by atoms with Gasteiger partial charge in [0.2, 0.25) is 0 Å². The fraction of sp³-hybridized carbons (Fsp3) is 0.421. The molecule has 0 unspecified atom stereocenters. The number of amides is 1. The molecule has 0 aliphatic carbocycles. The highest BCUT2D eigenvalue weighted by Crippen LogP contribution is 2.26. The molecule has 1 atom stereocenters. The largest absolute Gasteiger partial charge is 0.337 e. The maximum atomic E-state index is 12.7. The van der Waals surface area contributed by atoms with Crippen molar-refractivity contribution in [3.05, 3.63) is 60.0 Å². The van der Waals surface area contributed by atoms with Gasteiger partial charge in [-0.15, -0.1) is 10.2 Å². The topological polar surface area (TPSA) is 81.7 Å². The summed E-state index contributed by atoms with van der Waals surface area (Å²) in [6.07, 6.45) is 7.34. The van der Waals surface area contributed by atoms with Crippen LogP contribution in [0.25, 0.3) is 0 Å². The van der Waals surface area contributed by atoms with Crippen molar-refractivity contribution < 1.29 is 4.79 Å². The summed E-state index contributed by atoms with van der Waals surface area (Å²) < 4.78 is 4.10. The van der Waals surface area contributed by atoms with Crippen LogP contribution in [0.15, 0.2) is 36.8 Å². The van der Waals surface area contributed by atoms with E-state index in [4.69, 9.17) is 0 Å². The lowest BCUT2D eigenvalue weighted by Gasteiger charge is -2.32. The number of nitrogens with zero attached hydrogens (tertiary/aromatic N) is 7. The monoisotopic (exact) mass is 365 g/mol. The number of hydrogen-bond donors (Lipinski definition) is 0. The predicted octanol–water partition coefficient (Wildman–Crippen LogP) is 1.78. The lowest BCUT2D eigenvalue weighted by molar-refractivity contribution is 0.0697. The van der Waals surface area contributed by atoms with E-state index in [1.54, 1.807) is 18.5 Å². The average Bonchev–Trinajstić information content (AvgIpc) is 3.28. The van der Waals surface area contributed by atoms with Crippen LogP contribution >= 0.6 is 0 Å². The SMILES string of the molecule is Cc1nccn1Cc1nnc([C@@H]2CCCN(C(=O)c3ccccn3)C2)n1C. The number of aryl methyl sites for hydroxylation is 1. The Hall–Kier alpha value is -3.03. The molecule has 0 aromatic carbocycles. The molecule has 1 amide bonds. The second-order valence-electron chi connectivity index (χ2n) is 6.94. The normalized spacial score (nSPS) is 17.3. The van der Waals surface area contributed by atoms with Crippen LogP contribution in [-0.4, -0.2) is 53.2 Å². The van der Waals surface area contributed by atoms with E-state index in [1.807, 2.05) is 41.8 Å². The molecular formula is C19H23N7O. The zero-order chi connectivity index (χ0) is 18.8. The molecule has 1 saturated heterocycles. The van der Waals surface area contributed by atoms with E-state index >= 15 is 0 Å². The van der Waals surface area contributed by atoms with E-state index < -0.39 is 0 Å². The van der Waals surface area contributed by atoms with Crippen molar-refractivity contribution in [2.24, 2.45) is 7.05 Å². The van der Waals surface area contributed by atoms with Crippen molar-refractivity contribution >= 4 is 5.91 Å². The van der Waals surface area contributed by atoms with Crippen LogP contribution in [-0.2, 0) is 13.6 Å². The summed E-state index contributed by atoms with van der Waals surface area (Å²) in [7, 11) is 2.00. The lowest BCUT2D eigenvalue weighted by atomic mass is 9.97. The molecule has 4 heterocycles. The van der Waals surface area contributed by atoms with Gasteiger partial charge in [-0.3, -0.25) is 9.78 Å². The molecule has 0 N–H and O–H groups in total. The van der Waals surface area contributed by atoms with Gasteiger partial charge < -0.3 is 14.0 Å². The number of likely N-dealkylation sites (tertiary alicyclic amines) is 1. The van der Waals surface area contributed by atoms with E-state index in [0.717, 1.165) is 36.9 Å². The molecule has 1 fully saturated rings. The Morgan fingerprint density at radius 2 is 2.11 bits per heavy atom. The molecular weight excluding hydrogens is 342 g/mol. The van der Waals surface area contributed by atoms with Gasteiger partial charge in [0.05, 0.1) is 6.54 Å². The summed E-state index contributed by atoms with van der Waals surface area (Å²) in [6, 6.07) is 5.42. The van der Waals surface area contributed by atoms with Gasteiger partial charge in [-0.05, 0) is 31.9 Å². The molecule has 1 aliphatic heterocycles. The van der Waals surface area contributed by atoms with Gasteiger partial charge in [0.15, 0.2) is 5.82 Å². The molecule has 3 aromatic rings. The van der Waals surface area contributed by atoms with Crippen LogP contribution in [0, 0.1) is 6.92 Å². The van der Waals surface area contributed by atoms with E-state index in [-0.39, 0.29) is 11.8 Å². The standard InChI is InChI=1S/C19H23N7O/c1-14-20-9-11-25(14)13-17-22-23-18(24(17)2)15-6-5-10-26(12-15)19(27)16-7-3-4-8-21-16/h3-4,7-9,11,15H,5-6,10,12-13H2,1-2H3/t15-/m1/s1. The molecule has 0 saturated carbocycles. The van der Waals surface area contributed by atoms with Crippen molar-refractivity contribution in [1.29, 1.82) is 0 Å². The maximum Gasteiger partial charge on any atom is 0.272 e. The summed E-state index contributed by atoms with van der Waals surface area (Å²) in [5, 5.41) is 8.83. The first-order chi connectivity index (χ1) is 13.1. The van der Waals surface area contributed by atoms with Crippen LogP contribution in [0.4, 0.5) is 0 Å². The van der Waals surface area contributed by atoms with Gasteiger partial charge in [-0.25, -0.2) is 4.98 Å². The summed E-state index contributed by atoms with van der Waals surface area (Å²) in [5.74, 6) is 2.93. The van der Waals surface area contributed by atoms with E-state index in [1.165, 1.54) is 0 Å². The number of carbonyl (C=O) groups is 1. The second kappa shape index (κ2) is 7.30. The molecule has 0 bridgehead atoms. The van der Waals surface area contributed by atoms with E-state index in [0.29, 0.717) is 18.8 Å². The fourth-order valence-corrected chi connectivity index (χ4v) is 3.62. The number of carbonyl (C=O) groups excluding carboxylic acids is 1. The summed E-state index contributed by atoms with van der Waals surface area (Å²) in [4.78, 5) is 23.0. The fourth-order valence-electron chi connectivity index (χ4n) is 3.62. The molecule has 0 spiro atoms. The minimum absolute atomic E-state index is 0.0169. The van der Waals surface area contributed by atoms with Crippen molar-refractivity contribution in [2.45, 2.75) is 32.2 Å². The zero-order valence-electron chi connectivity index (χ0n) is 15.6. The Morgan fingerprint density at radius 1 is 1.22 bits per heavy atom. The average molecular weight is 365 g/mol. The molecule has 3 aromatic heterocycles. The minimum atomic E-state index is -0.0169. The highest BCUT2D eigenvalue weighted by Gasteiger charge is 2.29. The molecule has 4 rings (SSSR count). The van der Waals surface area contributed by atoms with Crippen LogP contribution < -0.4 is 0 Å². The van der Waals surface area contributed by atoms with Crippen LogP contribution in [0.2, 0.25) is 0 Å². The van der Waals surface area contributed by atoms with Crippen LogP contribution in [0.3, 0.4) is 0 Å². The number of pyridine rings is 1. The van der Waals surface area contributed by atoms with Gasteiger partial charge in [-0.1, -0.05) is 6.07 Å². The number of hydrogen-bond acceptors (Lipinski definition) is 5. The molecule has 140 valence electrons. The van der Waals surface area contributed by atoms with Gasteiger partial charge in [0, 0.05) is 44.6 Å². The molecule has 8 heteroatoms. The van der Waals surface area contributed by atoms with Crippen molar-refractivity contribution in [3.63, 3.8) is 0 Å². The third-order valence-corrected chi connectivity index (χ3v) is 5.19. The zero-order valence-corrected chi connectivity index (χ0v) is 15.6. The molecule has 0 radical (unpaired) electrons. The number of aromatic nitrogens is 6. The number of piperidine rings is 1. The van der Waals surface area contributed by atoms with Gasteiger partial charge in [0.1, 0.15) is 17.3 Å². The summed E-state index contributed by atoms with van der Waals surface area (Å²) >= 11 is 0. The Labute approximate surface area is 157 Å². The van der Waals surface area contributed by atoms with Gasteiger partial charge in [0.25, 0.3) is 5.91 Å².